The molecule has 1 aromatic heterocycles. The first-order valence-corrected chi connectivity index (χ1v) is 15.4. The molecule has 218 valence electrons. The highest BCUT2D eigenvalue weighted by atomic mass is 35.5. The number of carbonyl (C=O) groups is 2. The predicted octanol–water partition coefficient (Wildman–Crippen LogP) is 3.32. The molecule has 3 heterocycles. The van der Waals surface area contributed by atoms with Crippen LogP contribution in [-0.4, -0.2) is 69.2 Å². The minimum Gasteiger partial charge on any atom is -0.343 e. The van der Waals surface area contributed by atoms with Gasteiger partial charge in [0.25, 0.3) is 0 Å². The Bertz CT molecular complexity index is 1090. The molecule has 40 heavy (non-hydrogen) atoms. The van der Waals surface area contributed by atoms with Crippen molar-refractivity contribution in [3.63, 3.8) is 0 Å². The zero-order chi connectivity index (χ0) is 28.0. The lowest BCUT2D eigenvalue weighted by Gasteiger charge is -2.48. The zero-order valence-corrected chi connectivity index (χ0v) is 24.2. The summed E-state index contributed by atoms with van der Waals surface area (Å²) >= 11 is 6.10. The van der Waals surface area contributed by atoms with Gasteiger partial charge in [0, 0.05) is 37.1 Å². The Kier molecular flexibility index (Phi) is 9.76. The van der Waals surface area contributed by atoms with Gasteiger partial charge in [-0.15, -0.1) is 0 Å². The minimum atomic E-state index is -0.672. The van der Waals surface area contributed by atoms with Crippen molar-refractivity contribution in [3.05, 3.63) is 47.5 Å². The van der Waals surface area contributed by atoms with Gasteiger partial charge in [-0.3, -0.25) is 14.3 Å². The average Bonchev–Trinajstić information content (AvgIpc) is 3.69. The van der Waals surface area contributed by atoms with Gasteiger partial charge in [0.1, 0.15) is 18.7 Å². The van der Waals surface area contributed by atoms with Crippen LogP contribution in [0.3, 0.4) is 0 Å². The Hall–Kier alpha value is -2.49. The van der Waals surface area contributed by atoms with E-state index >= 15 is 0 Å². The minimum absolute atomic E-state index is 0.0347. The number of piperidine rings is 1. The summed E-state index contributed by atoms with van der Waals surface area (Å²) in [5.41, 5.74) is 7.37. The number of hydrogen-bond acceptors (Lipinski definition) is 6. The molecule has 3 fully saturated rings. The molecule has 9 nitrogen and oxygen atoms in total. The smallest absolute Gasteiger partial charge is 0.245 e. The Morgan fingerprint density at radius 1 is 1.10 bits per heavy atom. The van der Waals surface area contributed by atoms with Crippen molar-refractivity contribution < 1.29 is 9.59 Å². The highest BCUT2D eigenvalue weighted by Gasteiger charge is 2.44. The average molecular weight is 570 g/mol. The van der Waals surface area contributed by atoms with Crippen LogP contribution in [0.5, 0.6) is 0 Å². The highest BCUT2D eigenvalue weighted by Crippen LogP contribution is 2.47. The van der Waals surface area contributed by atoms with E-state index in [9.17, 15) is 9.59 Å². The van der Waals surface area contributed by atoms with Crippen LogP contribution >= 0.6 is 11.6 Å². The van der Waals surface area contributed by atoms with Crippen LogP contribution < -0.4 is 16.4 Å². The van der Waals surface area contributed by atoms with E-state index in [-0.39, 0.29) is 23.3 Å². The van der Waals surface area contributed by atoms with Gasteiger partial charge in [0.05, 0.1) is 6.04 Å². The number of benzene rings is 1. The lowest BCUT2D eigenvalue weighted by Crippen LogP contribution is -2.56. The standard InChI is InChI=1S/C30H44ClN7O2/c31-24-10-8-22(9-11-24)17-27(36-28(39)26(32)18-25-7-4-14-34-25)29(40)37-15-12-30(13-16-37,19-38-21-33-20-35-38)23-5-2-1-3-6-23/h8-11,20-21,23,25-27,34H,1-7,12-19,32H2,(H,36,39)/t25-,26+,27-/m1/s1. The van der Waals surface area contributed by atoms with Crippen LogP contribution in [0.1, 0.15) is 69.8 Å². The molecule has 2 saturated heterocycles. The summed E-state index contributed by atoms with van der Waals surface area (Å²) < 4.78 is 1.97. The van der Waals surface area contributed by atoms with Gasteiger partial charge >= 0.3 is 0 Å². The second-order valence-electron chi connectivity index (χ2n) is 12.1. The molecule has 2 amide bonds. The maximum Gasteiger partial charge on any atom is 0.245 e. The Morgan fingerprint density at radius 2 is 1.85 bits per heavy atom. The second-order valence-corrected chi connectivity index (χ2v) is 12.6. The molecule has 1 aliphatic carbocycles. The molecule has 4 N–H and O–H groups in total. The largest absolute Gasteiger partial charge is 0.343 e. The number of nitrogens with zero attached hydrogens (tertiary/aromatic N) is 4. The van der Waals surface area contributed by atoms with Gasteiger partial charge in [-0.05, 0) is 80.5 Å². The number of amides is 2. The van der Waals surface area contributed by atoms with Crippen LogP contribution in [0.15, 0.2) is 36.9 Å². The van der Waals surface area contributed by atoms with E-state index in [4.69, 9.17) is 17.3 Å². The fourth-order valence-electron chi connectivity index (χ4n) is 7.15. The van der Waals surface area contributed by atoms with Crippen LogP contribution in [-0.2, 0) is 22.6 Å². The van der Waals surface area contributed by atoms with E-state index in [1.165, 1.54) is 32.1 Å². The molecule has 5 rings (SSSR count). The number of nitrogens with one attached hydrogen (secondary N) is 2. The zero-order valence-electron chi connectivity index (χ0n) is 23.4. The van der Waals surface area contributed by atoms with Crippen LogP contribution in [0.25, 0.3) is 0 Å². The van der Waals surface area contributed by atoms with Crippen molar-refractivity contribution in [1.29, 1.82) is 0 Å². The summed E-state index contributed by atoms with van der Waals surface area (Å²) in [6, 6.07) is 6.40. The molecule has 1 aromatic carbocycles. The Balaban J connectivity index is 1.28. The number of carbonyl (C=O) groups excluding carboxylic acids is 2. The number of nitrogens with two attached hydrogens (primary N) is 1. The van der Waals surface area contributed by atoms with E-state index in [0.717, 1.165) is 44.3 Å². The van der Waals surface area contributed by atoms with Crippen LogP contribution in [0, 0.1) is 11.3 Å². The second kappa shape index (κ2) is 13.4. The van der Waals surface area contributed by atoms with Crippen LogP contribution in [0.2, 0.25) is 5.02 Å². The number of halogens is 1. The van der Waals surface area contributed by atoms with Gasteiger partial charge in [-0.2, -0.15) is 5.10 Å². The first kappa shape index (κ1) is 29.0. The van der Waals surface area contributed by atoms with Crippen molar-refractivity contribution in [3.8, 4) is 0 Å². The van der Waals surface area contributed by atoms with E-state index < -0.39 is 12.1 Å². The van der Waals surface area contributed by atoms with Crippen molar-refractivity contribution >= 4 is 23.4 Å². The summed E-state index contributed by atoms with van der Waals surface area (Å²) in [5, 5.41) is 11.5. The molecule has 3 atom stereocenters. The number of aromatic nitrogens is 3. The van der Waals surface area contributed by atoms with Crippen molar-refractivity contribution in [2.24, 2.45) is 17.1 Å². The fourth-order valence-corrected chi connectivity index (χ4v) is 7.27. The van der Waals surface area contributed by atoms with Crippen molar-refractivity contribution in [1.82, 2.24) is 30.3 Å². The lowest BCUT2D eigenvalue weighted by molar-refractivity contribution is -0.139. The molecule has 0 bridgehead atoms. The Morgan fingerprint density at radius 3 is 2.50 bits per heavy atom. The molecule has 3 aliphatic rings. The van der Waals surface area contributed by atoms with Gasteiger partial charge in [0.2, 0.25) is 11.8 Å². The molecular formula is C30H44ClN7O2. The fraction of sp³-hybridized carbons (Fsp3) is 0.667. The summed E-state index contributed by atoms with van der Waals surface area (Å²) in [5.74, 6) is 0.336. The summed E-state index contributed by atoms with van der Waals surface area (Å²) in [6.45, 7) is 3.16. The van der Waals surface area contributed by atoms with Gasteiger partial charge in [0.15, 0.2) is 0 Å². The summed E-state index contributed by atoms with van der Waals surface area (Å²) in [4.78, 5) is 33.3. The van der Waals surface area contributed by atoms with Crippen LogP contribution in [0.4, 0.5) is 0 Å². The third-order valence-electron chi connectivity index (χ3n) is 9.49. The quantitative estimate of drug-likeness (QED) is 0.404. The number of rotatable bonds is 10. The lowest BCUT2D eigenvalue weighted by atomic mass is 9.63. The van der Waals surface area contributed by atoms with Crippen molar-refractivity contribution in [2.45, 2.75) is 95.3 Å². The molecule has 0 radical (unpaired) electrons. The summed E-state index contributed by atoms with van der Waals surface area (Å²) in [6.07, 6.45) is 14.7. The molecule has 2 aliphatic heterocycles. The van der Waals surface area contributed by atoms with Gasteiger partial charge < -0.3 is 21.3 Å². The molecule has 1 saturated carbocycles. The maximum absolute atomic E-state index is 14.0. The SMILES string of the molecule is N[C@@H](C[C@H]1CCCN1)C(=O)N[C@H](Cc1ccc(Cl)cc1)C(=O)N1CCC(Cn2cncn2)(C2CCCCC2)CC1. The monoisotopic (exact) mass is 569 g/mol. The first-order valence-electron chi connectivity index (χ1n) is 15.1. The topological polar surface area (TPSA) is 118 Å². The number of likely N-dealkylation sites (tertiary alicyclic amines) is 1. The molecule has 0 spiro atoms. The summed E-state index contributed by atoms with van der Waals surface area (Å²) in [7, 11) is 0. The molecule has 0 unspecified atom stereocenters. The predicted molar refractivity (Wildman–Crippen MR) is 156 cm³/mol. The van der Waals surface area contributed by atoms with Crippen molar-refractivity contribution in [2.75, 3.05) is 19.6 Å². The highest BCUT2D eigenvalue weighted by molar-refractivity contribution is 6.30. The molecule has 10 heteroatoms. The third-order valence-corrected chi connectivity index (χ3v) is 9.74. The molecular weight excluding hydrogens is 526 g/mol. The molecule has 2 aromatic rings. The Labute approximate surface area is 242 Å². The van der Waals surface area contributed by atoms with E-state index in [2.05, 4.69) is 20.7 Å². The normalized spacial score (nSPS) is 23.1. The van der Waals surface area contributed by atoms with E-state index in [0.29, 0.717) is 36.9 Å². The van der Waals surface area contributed by atoms with E-state index in [1.807, 2.05) is 40.2 Å². The third kappa shape index (κ3) is 7.22. The van der Waals surface area contributed by atoms with Gasteiger partial charge in [-0.25, -0.2) is 4.98 Å². The van der Waals surface area contributed by atoms with E-state index in [1.54, 1.807) is 6.33 Å². The first-order chi connectivity index (χ1) is 19.4. The number of hydrogen-bond donors (Lipinski definition) is 3. The van der Waals surface area contributed by atoms with Gasteiger partial charge in [-0.1, -0.05) is 43.0 Å². The maximum atomic E-state index is 14.0.